The summed E-state index contributed by atoms with van der Waals surface area (Å²) < 4.78 is 24.7. The highest BCUT2D eigenvalue weighted by atomic mass is 32.1. The topological polar surface area (TPSA) is 67.9 Å². The SMILES string of the molecule is COc1cccc(/C=C2/C(=O)NC(=S)N(c3ccccc3F)C2=O)c1OC. The minimum Gasteiger partial charge on any atom is -0.493 e. The van der Waals surface area contributed by atoms with Crippen molar-refractivity contribution in [1.29, 1.82) is 0 Å². The van der Waals surface area contributed by atoms with E-state index in [4.69, 9.17) is 21.7 Å². The van der Waals surface area contributed by atoms with Gasteiger partial charge in [-0.3, -0.25) is 14.9 Å². The van der Waals surface area contributed by atoms with Crippen LogP contribution in [0.5, 0.6) is 11.5 Å². The molecule has 0 saturated carbocycles. The van der Waals surface area contributed by atoms with Crippen LogP contribution in [0.3, 0.4) is 0 Å². The summed E-state index contributed by atoms with van der Waals surface area (Å²) in [7, 11) is 2.93. The second kappa shape index (κ2) is 7.55. The third-order valence-electron chi connectivity index (χ3n) is 3.93. The predicted molar refractivity (Wildman–Crippen MR) is 102 cm³/mol. The number of halogens is 1. The molecule has 0 radical (unpaired) electrons. The second-order valence-corrected chi connectivity index (χ2v) is 5.88. The maximum atomic E-state index is 14.2. The van der Waals surface area contributed by atoms with Crippen molar-refractivity contribution in [3.63, 3.8) is 0 Å². The maximum absolute atomic E-state index is 14.2. The third kappa shape index (κ3) is 3.39. The Kier molecular flexibility index (Phi) is 5.18. The lowest BCUT2D eigenvalue weighted by atomic mass is 10.1. The molecule has 27 heavy (non-hydrogen) atoms. The Morgan fingerprint density at radius 1 is 1.07 bits per heavy atom. The van der Waals surface area contributed by atoms with Crippen LogP contribution in [-0.4, -0.2) is 31.1 Å². The van der Waals surface area contributed by atoms with Crippen LogP contribution in [-0.2, 0) is 9.59 Å². The number of hydrogen-bond acceptors (Lipinski definition) is 5. The summed E-state index contributed by atoms with van der Waals surface area (Å²) in [6, 6.07) is 10.7. The van der Waals surface area contributed by atoms with Crippen LogP contribution in [0, 0.1) is 5.82 Å². The molecule has 1 fully saturated rings. The number of nitrogens with one attached hydrogen (secondary N) is 1. The van der Waals surface area contributed by atoms with Crippen LogP contribution < -0.4 is 19.7 Å². The van der Waals surface area contributed by atoms with Crippen molar-refractivity contribution >= 4 is 40.9 Å². The first kappa shape index (κ1) is 18.5. The summed E-state index contributed by atoms with van der Waals surface area (Å²) in [6.07, 6.45) is 1.36. The molecule has 138 valence electrons. The van der Waals surface area contributed by atoms with E-state index in [-0.39, 0.29) is 16.4 Å². The number of benzene rings is 2. The number of para-hydroxylation sites is 2. The van der Waals surface area contributed by atoms with Gasteiger partial charge in [-0.2, -0.15) is 0 Å². The summed E-state index contributed by atoms with van der Waals surface area (Å²) in [5.74, 6) is -1.25. The third-order valence-corrected chi connectivity index (χ3v) is 4.21. The number of nitrogens with zero attached hydrogens (tertiary/aromatic N) is 1. The number of ether oxygens (including phenoxy) is 2. The zero-order valence-corrected chi connectivity index (χ0v) is 15.3. The lowest BCUT2D eigenvalue weighted by molar-refractivity contribution is -0.122. The fraction of sp³-hybridized carbons (Fsp3) is 0.105. The predicted octanol–water partition coefficient (Wildman–Crippen LogP) is 2.67. The van der Waals surface area contributed by atoms with E-state index in [2.05, 4.69) is 5.32 Å². The molecule has 0 aromatic heterocycles. The molecule has 1 aliphatic heterocycles. The minimum atomic E-state index is -0.737. The molecule has 0 unspecified atom stereocenters. The van der Waals surface area contributed by atoms with Crippen molar-refractivity contribution in [2.45, 2.75) is 0 Å². The van der Waals surface area contributed by atoms with Crippen molar-refractivity contribution in [3.05, 3.63) is 59.4 Å². The van der Waals surface area contributed by atoms with Crippen molar-refractivity contribution in [1.82, 2.24) is 5.32 Å². The minimum absolute atomic E-state index is 0.0454. The molecule has 1 heterocycles. The van der Waals surface area contributed by atoms with Crippen molar-refractivity contribution < 1.29 is 23.5 Å². The second-order valence-electron chi connectivity index (χ2n) is 5.49. The fourth-order valence-corrected chi connectivity index (χ4v) is 2.96. The van der Waals surface area contributed by atoms with Gasteiger partial charge in [-0.15, -0.1) is 0 Å². The largest absolute Gasteiger partial charge is 0.493 e. The molecular formula is C19H15FN2O4S. The van der Waals surface area contributed by atoms with Gasteiger partial charge in [0.05, 0.1) is 19.9 Å². The number of rotatable bonds is 4. The summed E-state index contributed by atoms with van der Waals surface area (Å²) in [5.41, 5.74) is 0.200. The molecule has 0 bridgehead atoms. The van der Waals surface area contributed by atoms with Gasteiger partial charge in [0.2, 0.25) is 0 Å². The Hall–Kier alpha value is -3.26. The molecule has 2 aromatic rings. The average Bonchev–Trinajstić information content (AvgIpc) is 2.66. The summed E-state index contributed by atoms with van der Waals surface area (Å²) >= 11 is 5.06. The van der Waals surface area contributed by atoms with Crippen molar-refractivity contribution in [3.8, 4) is 11.5 Å². The van der Waals surface area contributed by atoms with Crippen LogP contribution in [0.1, 0.15) is 5.56 Å². The molecule has 1 N–H and O–H groups in total. The molecule has 0 spiro atoms. The van der Waals surface area contributed by atoms with Gasteiger partial charge in [0.25, 0.3) is 11.8 Å². The summed E-state index contributed by atoms with van der Waals surface area (Å²) in [4.78, 5) is 26.2. The average molecular weight is 386 g/mol. The number of carbonyl (C=O) groups is 2. The van der Waals surface area contributed by atoms with Gasteiger partial charge in [0.15, 0.2) is 16.6 Å². The van der Waals surface area contributed by atoms with Gasteiger partial charge in [-0.05, 0) is 36.5 Å². The maximum Gasteiger partial charge on any atom is 0.270 e. The number of carbonyl (C=O) groups excluding carboxylic acids is 2. The van der Waals surface area contributed by atoms with Crippen LogP contribution in [0.4, 0.5) is 10.1 Å². The molecule has 0 atom stereocenters. The monoisotopic (exact) mass is 386 g/mol. The number of amides is 2. The van der Waals surface area contributed by atoms with Crippen LogP contribution in [0.15, 0.2) is 48.0 Å². The van der Waals surface area contributed by atoms with Crippen LogP contribution in [0.2, 0.25) is 0 Å². The van der Waals surface area contributed by atoms with Gasteiger partial charge in [0, 0.05) is 5.56 Å². The van der Waals surface area contributed by atoms with Crippen molar-refractivity contribution in [2.75, 3.05) is 19.1 Å². The fourth-order valence-electron chi connectivity index (χ4n) is 2.69. The van der Waals surface area contributed by atoms with E-state index in [1.165, 1.54) is 38.5 Å². The normalized spacial score (nSPS) is 15.7. The Bertz CT molecular complexity index is 974. The Balaban J connectivity index is 2.09. The number of hydrogen-bond donors (Lipinski definition) is 1. The van der Waals surface area contributed by atoms with Gasteiger partial charge in [-0.1, -0.05) is 24.3 Å². The molecule has 8 heteroatoms. The van der Waals surface area contributed by atoms with Gasteiger partial charge >= 0.3 is 0 Å². The molecule has 6 nitrogen and oxygen atoms in total. The van der Waals surface area contributed by atoms with E-state index >= 15 is 0 Å². The molecule has 1 saturated heterocycles. The summed E-state index contributed by atoms with van der Waals surface area (Å²) in [6.45, 7) is 0. The highest BCUT2D eigenvalue weighted by molar-refractivity contribution is 7.80. The molecule has 0 aliphatic carbocycles. The smallest absolute Gasteiger partial charge is 0.270 e. The zero-order chi connectivity index (χ0) is 19.6. The summed E-state index contributed by atoms with van der Waals surface area (Å²) in [5, 5.41) is 2.22. The van der Waals surface area contributed by atoms with E-state index in [0.29, 0.717) is 17.1 Å². The standard InChI is InChI=1S/C19H15FN2O4S/c1-25-15-9-5-6-11(16(15)26-2)10-12-17(23)21-19(27)22(18(12)24)14-8-4-3-7-13(14)20/h3-10H,1-2H3,(H,21,23,27)/b12-10-. The lowest BCUT2D eigenvalue weighted by Crippen LogP contribution is -2.54. The van der Waals surface area contributed by atoms with Crippen molar-refractivity contribution in [2.24, 2.45) is 0 Å². The van der Waals surface area contributed by atoms with Gasteiger partial charge in [0.1, 0.15) is 11.4 Å². The molecule has 2 aromatic carbocycles. The van der Waals surface area contributed by atoms with Gasteiger partial charge < -0.3 is 9.47 Å². The molecule has 1 aliphatic rings. The van der Waals surface area contributed by atoms with Crippen LogP contribution >= 0.6 is 12.2 Å². The highest BCUT2D eigenvalue weighted by Gasteiger charge is 2.35. The van der Waals surface area contributed by atoms with E-state index < -0.39 is 17.6 Å². The van der Waals surface area contributed by atoms with E-state index in [9.17, 15) is 14.0 Å². The molecule has 2 amide bonds. The molecular weight excluding hydrogens is 371 g/mol. The quantitative estimate of drug-likeness (QED) is 0.497. The van der Waals surface area contributed by atoms with Gasteiger partial charge in [-0.25, -0.2) is 9.29 Å². The highest BCUT2D eigenvalue weighted by Crippen LogP contribution is 2.33. The zero-order valence-electron chi connectivity index (χ0n) is 14.5. The lowest BCUT2D eigenvalue weighted by Gasteiger charge is -2.29. The number of thiocarbonyl (C=S) groups is 1. The first-order valence-corrected chi connectivity index (χ1v) is 8.25. The Labute approximate surface area is 160 Å². The van der Waals surface area contributed by atoms with E-state index in [0.717, 1.165) is 4.90 Å². The number of anilines is 1. The molecule has 3 rings (SSSR count). The Morgan fingerprint density at radius 3 is 2.48 bits per heavy atom. The van der Waals surface area contributed by atoms with E-state index in [1.807, 2.05) is 0 Å². The first-order valence-electron chi connectivity index (χ1n) is 7.85. The number of methoxy groups -OCH3 is 2. The van der Waals surface area contributed by atoms with E-state index in [1.54, 1.807) is 24.3 Å². The van der Waals surface area contributed by atoms with Crippen LogP contribution in [0.25, 0.3) is 6.08 Å². The first-order chi connectivity index (χ1) is 13.0. The Morgan fingerprint density at radius 2 is 1.81 bits per heavy atom.